The Morgan fingerprint density at radius 2 is 1.97 bits per heavy atom. The number of nitrogens with zero attached hydrogens (tertiary/aromatic N) is 3. The van der Waals surface area contributed by atoms with Crippen LogP contribution in [0.5, 0.6) is 0 Å². The number of aliphatic hydroxyl groups excluding tert-OH is 1. The van der Waals surface area contributed by atoms with Gasteiger partial charge in [0.1, 0.15) is 6.04 Å². The number of pyridine rings is 1. The second-order valence-electron chi connectivity index (χ2n) is 9.28. The molecule has 3 heterocycles. The van der Waals surface area contributed by atoms with Crippen molar-refractivity contribution in [1.29, 1.82) is 0 Å². The van der Waals surface area contributed by atoms with Crippen molar-refractivity contribution in [3.63, 3.8) is 0 Å². The molecule has 7 nitrogen and oxygen atoms in total. The third-order valence-corrected chi connectivity index (χ3v) is 7.29. The van der Waals surface area contributed by atoms with Gasteiger partial charge < -0.3 is 14.9 Å². The summed E-state index contributed by atoms with van der Waals surface area (Å²) in [7, 11) is 1.78. The lowest BCUT2D eigenvalue weighted by Crippen LogP contribution is -2.55. The van der Waals surface area contributed by atoms with E-state index >= 15 is 0 Å². The van der Waals surface area contributed by atoms with Crippen molar-refractivity contribution in [2.24, 2.45) is 11.3 Å². The molecule has 0 aromatic carbocycles. The van der Waals surface area contributed by atoms with Gasteiger partial charge in [-0.25, -0.2) is 0 Å². The second-order valence-corrected chi connectivity index (χ2v) is 9.28. The lowest BCUT2D eigenvalue weighted by Gasteiger charge is -2.47. The number of hydrogen-bond donors (Lipinski definition) is 1. The molecule has 1 saturated heterocycles. The number of piperidine rings is 1. The van der Waals surface area contributed by atoms with Gasteiger partial charge in [0, 0.05) is 62.6 Å². The quantitative estimate of drug-likeness (QED) is 0.826. The van der Waals surface area contributed by atoms with Gasteiger partial charge in [0.25, 0.3) is 5.56 Å². The van der Waals surface area contributed by atoms with Crippen molar-refractivity contribution in [1.82, 2.24) is 14.4 Å². The maximum absolute atomic E-state index is 13.6. The zero-order valence-electron chi connectivity index (χ0n) is 17.3. The van der Waals surface area contributed by atoms with Gasteiger partial charge in [-0.15, -0.1) is 0 Å². The molecular formula is C22H31N3O4. The number of carbonyl (C=O) groups excluding carboxylic acids is 2. The maximum Gasteiger partial charge on any atom is 0.251 e. The fourth-order valence-corrected chi connectivity index (χ4v) is 5.81. The maximum atomic E-state index is 13.6. The highest BCUT2D eigenvalue weighted by atomic mass is 16.3. The number of aliphatic hydroxyl groups is 1. The molecule has 2 amide bonds. The van der Waals surface area contributed by atoms with Crippen LogP contribution in [0.4, 0.5) is 0 Å². The minimum Gasteiger partial charge on any atom is -0.396 e. The number of amides is 2. The van der Waals surface area contributed by atoms with Crippen LogP contribution in [0, 0.1) is 11.3 Å². The standard InChI is InChI=1S/C22H31N3O4/c1-15(27)24-11-16-10-17(12-24)20(25-18(16)6-5-7-19(25)28)21(29)23(2)13-22(14-26)8-3-4-9-22/h5-7,16-17,20,26H,3-4,8-14H2,1-2H3/t16-,17+,20-/m1/s1. The first-order valence-electron chi connectivity index (χ1n) is 10.7. The predicted molar refractivity (Wildman–Crippen MR) is 108 cm³/mol. The normalized spacial score (nSPS) is 27.4. The van der Waals surface area contributed by atoms with E-state index in [-0.39, 0.29) is 41.2 Å². The summed E-state index contributed by atoms with van der Waals surface area (Å²) in [5, 5.41) is 9.96. The summed E-state index contributed by atoms with van der Waals surface area (Å²) in [6, 6.07) is 4.57. The Hall–Kier alpha value is -2.15. The summed E-state index contributed by atoms with van der Waals surface area (Å²) >= 11 is 0. The average molecular weight is 402 g/mol. The molecule has 0 spiro atoms. The van der Waals surface area contributed by atoms with Crippen LogP contribution < -0.4 is 5.56 Å². The first kappa shape index (κ1) is 20.1. The molecule has 2 fully saturated rings. The molecule has 1 N–H and O–H groups in total. The average Bonchev–Trinajstić information content (AvgIpc) is 3.17. The number of likely N-dealkylation sites (N-methyl/N-ethyl adjacent to an activating group) is 1. The largest absolute Gasteiger partial charge is 0.396 e. The van der Waals surface area contributed by atoms with Crippen LogP contribution in [0.1, 0.15) is 56.7 Å². The van der Waals surface area contributed by atoms with Crippen molar-refractivity contribution in [3.8, 4) is 0 Å². The summed E-state index contributed by atoms with van der Waals surface area (Å²) in [5.74, 6) is -0.0716. The van der Waals surface area contributed by atoms with Gasteiger partial charge >= 0.3 is 0 Å². The fraction of sp³-hybridized carbons (Fsp3) is 0.682. The van der Waals surface area contributed by atoms with E-state index in [4.69, 9.17) is 0 Å². The van der Waals surface area contributed by atoms with Gasteiger partial charge in [0.15, 0.2) is 0 Å². The van der Waals surface area contributed by atoms with E-state index in [9.17, 15) is 19.5 Å². The topological polar surface area (TPSA) is 82.8 Å². The minimum absolute atomic E-state index is 0.0103. The molecule has 1 saturated carbocycles. The Kier molecular flexibility index (Phi) is 5.27. The summed E-state index contributed by atoms with van der Waals surface area (Å²) < 4.78 is 1.68. The Morgan fingerprint density at radius 1 is 1.24 bits per heavy atom. The number of carbonyl (C=O) groups is 2. The van der Waals surface area contributed by atoms with Crippen molar-refractivity contribution in [2.75, 3.05) is 33.3 Å². The Morgan fingerprint density at radius 3 is 2.62 bits per heavy atom. The highest BCUT2D eigenvalue weighted by Crippen LogP contribution is 2.43. The monoisotopic (exact) mass is 401 g/mol. The third kappa shape index (κ3) is 3.50. The van der Waals surface area contributed by atoms with Crippen LogP contribution in [-0.2, 0) is 9.59 Å². The van der Waals surface area contributed by atoms with E-state index in [1.54, 1.807) is 29.5 Å². The number of likely N-dealkylation sites (tertiary alicyclic amines) is 1. The molecule has 0 unspecified atom stereocenters. The number of aromatic nitrogens is 1. The Labute approximate surface area is 171 Å². The lowest BCUT2D eigenvalue weighted by molar-refractivity contribution is -0.142. The number of rotatable bonds is 4. The highest BCUT2D eigenvalue weighted by molar-refractivity contribution is 5.81. The van der Waals surface area contributed by atoms with Gasteiger partial charge in [-0.05, 0) is 25.3 Å². The molecule has 29 heavy (non-hydrogen) atoms. The molecule has 4 rings (SSSR count). The highest BCUT2D eigenvalue weighted by Gasteiger charge is 2.46. The molecule has 1 aliphatic carbocycles. The molecule has 2 aliphatic heterocycles. The zero-order valence-corrected chi connectivity index (χ0v) is 17.3. The second kappa shape index (κ2) is 7.59. The lowest BCUT2D eigenvalue weighted by atomic mass is 9.77. The molecule has 158 valence electrons. The van der Waals surface area contributed by atoms with Crippen molar-refractivity contribution >= 4 is 11.8 Å². The molecule has 2 bridgehead atoms. The van der Waals surface area contributed by atoms with Crippen LogP contribution in [0.2, 0.25) is 0 Å². The molecule has 7 heteroatoms. The van der Waals surface area contributed by atoms with E-state index < -0.39 is 6.04 Å². The summed E-state index contributed by atoms with van der Waals surface area (Å²) in [4.78, 5) is 42.0. The number of fused-ring (bicyclic) bond motifs is 4. The first-order chi connectivity index (χ1) is 13.8. The van der Waals surface area contributed by atoms with Crippen LogP contribution in [-0.4, -0.2) is 64.6 Å². The van der Waals surface area contributed by atoms with Gasteiger partial charge in [0.05, 0.1) is 6.61 Å². The van der Waals surface area contributed by atoms with Crippen LogP contribution in [0.15, 0.2) is 23.0 Å². The predicted octanol–water partition coefficient (Wildman–Crippen LogP) is 1.37. The Bertz CT molecular complexity index is 858. The summed E-state index contributed by atoms with van der Waals surface area (Å²) in [5.41, 5.74) is 0.464. The zero-order chi connectivity index (χ0) is 20.8. The molecular weight excluding hydrogens is 370 g/mol. The Balaban J connectivity index is 1.68. The van der Waals surface area contributed by atoms with E-state index in [2.05, 4.69) is 0 Å². The van der Waals surface area contributed by atoms with E-state index in [0.29, 0.717) is 19.6 Å². The van der Waals surface area contributed by atoms with Crippen LogP contribution >= 0.6 is 0 Å². The third-order valence-electron chi connectivity index (χ3n) is 7.29. The van der Waals surface area contributed by atoms with Crippen LogP contribution in [0.25, 0.3) is 0 Å². The van der Waals surface area contributed by atoms with Gasteiger partial charge in [-0.3, -0.25) is 19.0 Å². The summed E-state index contributed by atoms with van der Waals surface area (Å²) in [6.07, 6.45) is 4.80. The number of hydrogen-bond acceptors (Lipinski definition) is 4. The van der Waals surface area contributed by atoms with Crippen molar-refractivity contribution in [3.05, 3.63) is 34.2 Å². The minimum atomic E-state index is -0.598. The van der Waals surface area contributed by atoms with E-state index in [1.807, 2.05) is 11.0 Å². The fourth-order valence-electron chi connectivity index (χ4n) is 5.81. The molecule has 0 radical (unpaired) electrons. The van der Waals surface area contributed by atoms with Gasteiger partial charge in [-0.1, -0.05) is 18.9 Å². The van der Waals surface area contributed by atoms with Gasteiger partial charge in [0.2, 0.25) is 11.8 Å². The molecule has 3 atom stereocenters. The SMILES string of the molecule is CC(=O)N1C[C@H]2C[C@@H](C1)[C@H](C(=O)N(C)CC1(CO)CCCC1)n1c2cccc1=O. The van der Waals surface area contributed by atoms with Gasteiger partial charge in [-0.2, -0.15) is 0 Å². The molecule has 1 aromatic rings. The van der Waals surface area contributed by atoms with E-state index in [1.165, 1.54) is 6.07 Å². The molecule has 3 aliphatic rings. The smallest absolute Gasteiger partial charge is 0.251 e. The first-order valence-corrected chi connectivity index (χ1v) is 10.7. The van der Waals surface area contributed by atoms with Crippen molar-refractivity contribution in [2.45, 2.75) is 51.0 Å². The molecule has 1 aromatic heterocycles. The van der Waals surface area contributed by atoms with Crippen LogP contribution in [0.3, 0.4) is 0 Å². The summed E-state index contributed by atoms with van der Waals surface area (Å²) in [6.45, 7) is 3.24. The van der Waals surface area contributed by atoms with E-state index in [0.717, 1.165) is 37.8 Å². The van der Waals surface area contributed by atoms with Crippen molar-refractivity contribution < 1.29 is 14.7 Å².